The van der Waals surface area contributed by atoms with Gasteiger partial charge in [-0.05, 0) is 30.2 Å². The van der Waals surface area contributed by atoms with Crippen molar-refractivity contribution in [2.45, 2.75) is 19.4 Å². The molecule has 1 atom stereocenters. The normalized spacial score (nSPS) is 18.0. The Labute approximate surface area is 192 Å². The number of nitrogens with zero attached hydrogens (tertiary/aromatic N) is 2. The Morgan fingerprint density at radius 1 is 0.939 bits per heavy atom. The Morgan fingerprint density at radius 3 is 2.30 bits per heavy atom. The average Bonchev–Trinajstić information content (AvgIpc) is 3.35. The van der Waals surface area contributed by atoms with Crippen LogP contribution in [-0.2, 0) is 0 Å². The van der Waals surface area contributed by atoms with E-state index in [4.69, 9.17) is 5.10 Å². The zero-order chi connectivity index (χ0) is 22.8. The van der Waals surface area contributed by atoms with E-state index in [1.54, 1.807) is 19.1 Å². The molecule has 5 rings (SSSR count). The molecule has 3 aromatic rings. The van der Waals surface area contributed by atoms with E-state index in [1.165, 1.54) is 0 Å². The van der Waals surface area contributed by atoms with E-state index in [0.717, 1.165) is 35.5 Å². The van der Waals surface area contributed by atoms with Crippen LogP contribution in [0.3, 0.4) is 0 Å². The number of rotatable bonds is 5. The van der Waals surface area contributed by atoms with Crippen LogP contribution >= 0.6 is 0 Å². The molecule has 0 saturated carbocycles. The lowest BCUT2D eigenvalue weighted by Gasteiger charge is -2.29. The minimum atomic E-state index is -0.525. The summed E-state index contributed by atoms with van der Waals surface area (Å²) in [6.45, 7) is 2.57. The molecular formula is C27H24N4O2. The largest absolute Gasteiger partial charge is 0.327 e. The van der Waals surface area contributed by atoms with Crippen LogP contribution in [0.5, 0.6) is 0 Å². The molecule has 0 fully saturated rings. The van der Waals surface area contributed by atoms with Gasteiger partial charge in [-0.3, -0.25) is 9.80 Å². The van der Waals surface area contributed by atoms with E-state index in [0.29, 0.717) is 16.8 Å². The van der Waals surface area contributed by atoms with Gasteiger partial charge in [0, 0.05) is 29.8 Å². The van der Waals surface area contributed by atoms with Crippen molar-refractivity contribution in [1.82, 2.24) is 10.6 Å². The van der Waals surface area contributed by atoms with Crippen LogP contribution in [-0.4, -0.2) is 24.1 Å². The predicted molar refractivity (Wildman–Crippen MR) is 129 cm³/mol. The molecule has 2 aliphatic heterocycles. The number of hydrogen-bond donors (Lipinski definition) is 2. The van der Waals surface area contributed by atoms with Crippen molar-refractivity contribution in [3.8, 4) is 0 Å². The number of carbonyl (C=O) groups excluding carboxylic acids is 2. The molecule has 0 bridgehead atoms. The zero-order valence-corrected chi connectivity index (χ0v) is 18.3. The number of allylic oxidation sites excluding steroid dienone is 1. The first-order valence-electron chi connectivity index (χ1n) is 11.0. The van der Waals surface area contributed by atoms with E-state index in [-0.39, 0.29) is 11.8 Å². The van der Waals surface area contributed by atoms with E-state index in [1.807, 2.05) is 65.7 Å². The van der Waals surface area contributed by atoms with Crippen LogP contribution in [0.25, 0.3) is 0 Å². The van der Waals surface area contributed by atoms with Gasteiger partial charge in [0.2, 0.25) is 0 Å². The Hall–Kier alpha value is -4.19. The first-order chi connectivity index (χ1) is 16.1. The summed E-state index contributed by atoms with van der Waals surface area (Å²) in [7, 11) is 0. The minimum absolute atomic E-state index is 0.105. The molecule has 0 spiro atoms. The van der Waals surface area contributed by atoms with Crippen molar-refractivity contribution in [1.29, 1.82) is 0 Å². The van der Waals surface area contributed by atoms with Crippen molar-refractivity contribution in [3.63, 3.8) is 0 Å². The number of Topliss-reactive ketones (excluding diaryl/α,β-unsaturated/α-hetero) is 1. The number of anilines is 1. The second-order valence-corrected chi connectivity index (χ2v) is 8.14. The topological polar surface area (TPSA) is 73.8 Å². The van der Waals surface area contributed by atoms with Gasteiger partial charge in [-0.25, -0.2) is 4.79 Å². The minimum Gasteiger partial charge on any atom is -0.327 e. The van der Waals surface area contributed by atoms with Crippen molar-refractivity contribution in [2.75, 3.05) is 11.6 Å². The molecule has 0 radical (unpaired) electrons. The van der Waals surface area contributed by atoms with Crippen molar-refractivity contribution < 1.29 is 9.59 Å². The third-order valence-corrected chi connectivity index (χ3v) is 5.98. The van der Waals surface area contributed by atoms with Crippen molar-refractivity contribution in [2.24, 2.45) is 5.10 Å². The Bertz CT molecular complexity index is 1250. The highest BCUT2D eigenvalue weighted by atomic mass is 16.2. The monoisotopic (exact) mass is 436 g/mol. The second-order valence-electron chi connectivity index (χ2n) is 8.14. The molecule has 2 aliphatic rings. The maximum atomic E-state index is 13.3. The molecule has 0 aromatic heterocycles. The van der Waals surface area contributed by atoms with Crippen molar-refractivity contribution >= 4 is 23.2 Å². The fourth-order valence-electron chi connectivity index (χ4n) is 4.31. The molecular weight excluding hydrogens is 412 g/mol. The molecule has 0 aliphatic carbocycles. The van der Waals surface area contributed by atoms with E-state index in [9.17, 15) is 9.59 Å². The number of nitrogens with one attached hydrogen (secondary N) is 2. The van der Waals surface area contributed by atoms with E-state index >= 15 is 0 Å². The van der Waals surface area contributed by atoms with Gasteiger partial charge >= 0.3 is 6.03 Å². The first kappa shape index (κ1) is 20.7. The number of benzene rings is 3. The number of amides is 2. The van der Waals surface area contributed by atoms with Gasteiger partial charge in [0.15, 0.2) is 5.78 Å². The lowest BCUT2D eigenvalue weighted by atomic mass is 9.89. The van der Waals surface area contributed by atoms with Gasteiger partial charge in [0.05, 0.1) is 17.4 Å². The predicted octanol–water partition coefficient (Wildman–Crippen LogP) is 4.81. The fourth-order valence-corrected chi connectivity index (χ4v) is 4.31. The molecule has 2 N–H and O–H groups in total. The highest BCUT2D eigenvalue weighted by Gasteiger charge is 2.31. The Kier molecular flexibility index (Phi) is 5.48. The van der Waals surface area contributed by atoms with E-state index < -0.39 is 6.04 Å². The summed E-state index contributed by atoms with van der Waals surface area (Å²) < 4.78 is 0. The maximum Gasteiger partial charge on any atom is 0.319 e. The smallest absolute Gasteiger partial charge is 0.319 e. The van der Waals surface area contributed by atoms with Gasteiger partial charge in [-0.1, -0.05) is 72.8 Å². The first-order valence-corrected chi connectivity index (χ1v) is 11.0. The number of ketones is 1. The van der Waals surface area contributed by atoms with Crippen molar-refractivity contribution in [3.05, 3.63) is 113 Å². The summed E-state index contributed by atoms with van der Waals surface area (Å²) in [6.07, 6.45) is 0.883. The Morgan fingerprint density at radius 2 is 1.61 bits per heavy atom. The number of hydrogen-bond acceptors (Lipinski definition) is 4. The molecule has 33 heavy (non-hydrogen) atoms. The highest BCUT2D eigenvalue weighted by molar-refractivity contribution is 6.11. The molecule has 3 aromatic carbocycles. The number of urea groups is 1. The standard InChI is InChI=1S/C27H24N4O2/c1-18-24(26(32)21-10-6-3-7-11-21)25(29-27(33)28-18)20-12-14-22(15-13-20)31-17-16-23(30-31)19-8-4-2-5-9-19/h2-15,25H,16-17H2,1H3,(H2,28,29,33)/t25-/m1/s1. The quantitative estimate of drug-likeness (QED) is 0.564. The lowest BCUT2D eigenvalue weighted by Crippen LogP contribution is -2.45. The van der Waals surface area contributed by atoms with Gasteiger partial charge in [-0.15, -0.1) is 0 Å². The van der Waals surface area contributed by atoms with Crippen LogP contribution in [0, 0.1) is 0 Å². The maximum absolute atomic E-state index is 13.3. The zero-order valence-electron chi connectivity index (χ0n) is 18.3. The highest BCUT2D eigenvalue weighted by Crippen LogP contribution is 2.31. The molecule has 0 saturated heterocycles. The Balaban J connectivity index is 1.42. The summed E-state index contributed by atoms with van der Waals surface area (Å²) in [5.41, 5.74) is 5.72. The van der Waals surface area contributed by atoms with Crippen LogP contribution < -0.4 is 15.6 Å². The van der Waals surface area contributed by atoms with E-state index in [2.05, 4.69) is 22.8 Å². The number of hydrazone groups is 1. The molecule has 0 unspecified atom stereocenters. The van der Waals surface area contributed by atoms with Gasteiger partial charge < -0.3 is 10.6 Å². The fraction of sp³-hybridized carbons (Fsp3) is 0.148. The summed E-state index contributed by atoms with van der Waals surface area (Å²) in [4.78, 5) is 25.5. The third-order valence-electron chi connectivity index (χ3n) is 5.98. The van der Waals surface area contributed by atoms with Gasteiger partial charge in [0.25, 0.3) is 0 Å². The van der Waals surface area contributed by atoms with Crippen LogP contribution in [0.15, 0.2) is 101 Å². The molecule has 2 heterocycles. The summed E-state index contributed by atoms with van der Waals surface area (Å²) in [6, 6.07) is 26.3. The third kappa shape index (κ3) is 4.15. The van der Waals surface area contributed by atoms with Crippen LogP contribution in [0.4, 0.5) is 10.5 Å². The van der Waals surface area contributed by atoms with Crippen LogP contribution in [0.2, 0.25) is 0 Å². The summed E-state index contributed by atoms with van der Waals surface area (Å²) in [5, 5.41) is 12.4. The molecule has 6 nitrogen and oxygen atoms in total. The average molecular weight is 437 g/mol. The molecule has 6 heteroatoms. The van der Waals surface area contributed by atoms with Gasteiger partial charge in [-0.2, -0.15) is 5.10 Å². The summed E-state index contributed by atoms with van der Waals surface area (Å²) in [5.74, 6) is -0.105. The SMILES string of the molecule is CC1=C(C(=O)c2ccccc2)[C@@H](c2ccc(N3CCC(c4ccccc4)=N3)cc2)NC(=O)N1. The van der Waals surface area contributed by atoms with Gasteiger partial charge in [0.1, 0.15) is 0 Å². The second kappa shape index (κ2) is 8.74. The molecule has 164 valence electrons. The molecule has 2 amide bonds. The van der Waals surface area contributed by atoms with Crippen LogP contribution in [0.1, 0.15) is 40.9 Å². The lowest BCUT2D eigenvalue weighted by molar-refractivity contribution is 0.102. The number of carbonyl (C=O) groups is 2. The summed E-state index contributed by atoms with van der Waals surface area (Å²) >= 11 is 0.